The van der Waals surface area contributed by atoms with Gasteiger partial charge in [0.2, 0.25) is 0 Å². The number of hydrogen-bond donors (Lipinski definition) is 1. The molecule has 0 saturated carbocycles. The smallest absolute Gasteiger partial charge is 0.314 e. The van der Waals surface area contributed by atoms with Gasteiger partial charge in [0, 0.05) is 31.1 Å². The molecule has 3 rings (SSSR count). The van der Waals surface area contributed by atoms with Crippen LogP contribution in [0.25, 0.3) is 0 Å². The molecule has 2 heterocycles. The predicted octanol–water partition coefficient (Wildman–Crippen LogP) is 4.55. The Labute approximate surface area is 146 Å². The van der Waals surface area contributed by atoms with E-state index < -0.39 is 23.6 Å². The Morgan fingerprint density at radius 3 is 2.42 bits per heavy atom. The third kappa shape index (κ3) is 3.59. The Bertz CT molecular complexity index is 710. The summed E-state index contributed by atoms with van der Waals surface area (Å²) in [6.07, 6.45) is -4.76. The summed E-state index contributed by atoms with van der Waals surface area (Å²) in [5.41, 5.74) is -1.26. The van der Waals surface area contributed by atoms with E-state index in [4.69, 9.17) is 11.6 Å². The molecule has 8 heteroatoms. The number of rotatable bonds is 3. The summed E-state index contributed by atoms with van der Waals surface area (Å²) in [6.45, 7) is 2.50. The molecule has 0 amide bonds. The van der Waals surface area contributed by atoms with Crippen molar-refractivity contribution in [3.05, 3.63) is 56.5 Å². The largest absolute Gasteiger partial charge is 0.419 e. The van der Waals surface area contributed by atoms with E-state index in [-0.39, 0.29) is 5.56 Å². The third-order valence-corrected chi connectivity index (χ3v) is 5.29. The van der Waals surface area contributed by atoms with Gasteiger partial charge in [-0.15, -0.1) is 11.3 Å². The molecule has 0 bridgehead atoms. The van der Waals surface area contributed by atoms with Gasteiger partial charge in [-0.2, -0.15) is 13.2 Å². The summed E-state index contributed by atoms with van der Waals surface area (Å²) >= 11 is 7.21. The van der Waals surface area contributed by atoms with Crippen molar-refractivity contribution in [2.45, 2.75) is 12.2 Å². The summed E-state index contributed by atoms with van der Waals surface area (Å²) in [5.74, 6) is -1.25. The Morgan fingerprint density at radius 2 is 1.83 bits per heavy atom. The Balaban J connectivity index is 2.14. The molecule has 130 valence electrons. The number of nitrogens with one attached hydrogen (secondary N) is 1. The van der Waals surface area contributed by atoms with Crippen molar-refractivity contribution in [3.8, 4) is 0 Å². The van der Waals surface area contributed by atoms with Gasteiger partial charge in [0.1, 0.15) is 5.82 Å². The molecule has 0 aliphatic carbocycles. The number of thiophene rings is 1. The van der Waals surface area contributed by atoms with E-state index in [1.165, 1.54) is 23.5 Å². The van der Waals surface area contributed by atoms with Crippen molar-refractivity contribution >= 4 is 22.9 Å². The highest BCUT2D eigenvalue weighted by Gasteiger charge is 2.40. The molecule has 1 N–H and O–H groups in total. The second kappa shape index (κ2) is 7.00. The lowest BCUT2D eigenvalue weighted by atomic mass is 9.96. The van der Waals surface area contributed by atoms with Crippen molar-refractivity contribution in [1.82, 2.24) is 10.2 Å². The quantitative estimate of drug-likeness (QED) is 0.788. The van der Waals surface area contributed by atoms with Crippen molar-refractivity contribution in [2.24, 2.45) is 0 Å². The van der Waals surface area contributed by atoms with Crippen molar-refractivity contribution < 1.29 is 17.6 Å². The molecule has 0 spiro atoms. The number of alkyl halides is 3. The maximum Gasteiger partial charge on any atom is 0.419 e. The van der Waals surface area contributed by atoms with Gasteiger partial charge in [0.15, 0.2) is 0 Å². The SMILES string of the molecule is Fc1cccc([C@@H](c2ccc(Cl)s2)N2CCNCC2)c1C(F)(F)F. The summed E-state index contributed by atoms with van der Waals surface area (Å²) < 4.78 is 54.9. The van der Waals surface area contributed by atoms with Crippen LogP contribution in [0, 0.1) is 5.82 Å². The summed E-state index contributed by atoms with van der Waals surface area (Å²) in [4.78, 5) is 2.61. The first-order chi connectivity index (χ1) is 11.4. The van der Waals surface area contributed by atoms with Crippen LogP contribution < -0.4 is 5.32 Å². The first-order valence-corrected chi connectivity index (χ1v) is 8.63. The Kier molecular flexibility index (Phi) is 5.15. The fourth-order valence-corrected chi connectivity index (χ4v) is 4.23. The average Bonchev–Trinajstić information content (AvgIpc) is 2.93. The summed E-state index contributed by atoms with van der Waals surface area (Å²) in [6, 6.07) is 6.23. The molecule has 1 aliphatic heterocycles. The molecular weight excluding hydrogens is 364 g/mol. The van der Waals surface area contributed by atoms with Crippen molar-refractivity contribution in [2.75, 3.05) is 26.2 Å². The van der Waals surface area contributed by atoms with E-state index in [0.29, 0.717) is 35.4 Å². The minimum atomic E-state index is -4.76. The monoisotopic (exact) mass is 378 g/mol. The Hall–Kier alpha value is -1.15. The zero-order valence-corrected chi connectivity index (χ0v) is 14.1. The first-order valence-electron chi connectivity index (χ1n) is 7.43. The van der Waals surface area contributed by atoms with Gasteiger partial charge in [-0.05, 0) is 23.8 Å². The highest BCUT2D eigenvalue weighted by molar-refractivity contribution is 7.16. The van der Waals surface area contributed by atoms with Crippen LogP contribution in [0.5, 0.6) is 0 Å². The van der Waals surface area contributed by atoms with Crippen LogP contribution in [0.4, 0.5) is 17.6 Å². The number of benzene rings is 1. The second-order valence-electron chi connectivity index (χ2n) is 5.53. The molecule has 2 aromatic rings. The summed E-state index contributed by atoms with van der Waals surface area (Å²) in [7, 11) is 0. The topological polar surface area (TPSA) is 15.3 Å². The lowest BCUT2D eigenvalue weighted by Gasteiger charge is -2.35. The average molecular weight is 379 g/mol. The van der Waals surface area contributed by atoms with Crippen LogP contribution in [0.1, 0.15) is 22.0 Å². The van der Waals surface area contributed by atoms with E-state index >= 15 is 0 Å². The zero-order valence-electron chi connectivity index (χ0n) is 12.5. The normalized spacial score (nSPS) is 17.9. The van der Waals surface area contributed by atoms with Crippen LogP contribution >= 0.6 is 22.9 Å². The molecule has 0 radical (unpaired) electrons. The van der Waals surface area contributed by atoms with Crippen molar-refractivity contribution in [1.29, 1.82) is 0 Å². The van der Waals surface area contributed by atoms with E-state index in [0.717, 1.165) is 6.07 Å². The highest BCUT2D eigenvalue weighted by Crippen LogP contribution is 2.42. The molecule has 24 heavy (non-hydrogen) atoms. The lowest BCUT2D eigenvalue weighted by Crippen LogP contribution is -2.45. The van der Waals surface area contributed by atoms with E-state index in [1.54, 1.807) is 12.1 Å². The highest BCUT2D eigenvalue weighted by atomic mass is 35.5. The van der Waals surface area contributed by atoms with E-state index in [1.807, 2.05) is 4.90 Å². The number of nitrogens with zero attached hydrogens (tertiary/aromatic N) is 1. The molecule has 1 aromatic carbocycles. The maximum atomic E-state index is 14.0. The van der Waals surface area contributed by atoms with Gasteiger partial charge in [-0.3, -0.25) is 4.90 Å². The minimum Gasteiger partial charge on any atom is -0.314 e. The fraction of sp³-hybridized carbons (Fsp3) is 0.375. The van der Waals surface area contributed by atoms with Gasteiger partial charge in [0.25, 0.3) is 0 Å². The molecule has 1 atom stereocenters. The van der Waals surface area contributed by atoms with Gasteiger partial charge in [-0.25, -0.2) is 4.39 Å². The van der Waals surface area contributed by atoms with Crippen LogP contribution in [0.15, 0.2) is 30.3 Å². The molecule has 1 aromatic heterocycles. The number of piperazine rings is 1. The third-order valence-electron chi connectivity index (χ3n) is 4.00. The summed E-state index contributed by atoms with van der Waals surface area (Å²) in [5, 5.41) is 3.17. The van der Waals surface area contributed by atoms with Gasteiger partial charge >= 0.3 is 6.18 Å². The number of halogens is 5. The van der Waals surface area contributed by atoms with Crippen LogP contribution in [-0.2, 0) is 6.18 Å². The minimum absolute atomic E-state index is 0.0667. The van der Waals surface area contributed by atoms with Gasteiger partial charge in [0.05, 0.1) is 15.9 Å². The molecule has 1 fully saturated rings. The standard InChI is InChI=1S/C16H15ClF4N2S/c17-13-5-4-12(24-13)15(23-8-6-22-7-9-23)10-2-1-3-11(18)14(10)16(19,20)21/h1-5,15,22H,6-9H2/t15-/m0/s1. The van der Waals surface area contributed by atoms with Crippen LogP contribution in [0.3, 0.4) is 0 Å². The number of hydrogen-bond acceptors (Lipinski definition) is 3. The van der Waals surface area contributed by atoms with E-state index in [2.05, 4.69) is 5.32 Å². The second-order valence-corrected chi connectivity index (χ2v) is 7.28. The predicted molar refractivity (Wildman–Crippen MR) is 87.0 cm³/mol. The molecule has 1 aliphatic rings. The van der Waals surface area contributed by atoms with Crippen LogP contribution in [0.2, 0.25) is 4.34 Å². The zero-order chi connectivity index (χ0) is 17.3. The van der Waals surface area contributed by atoms with Gasteiger partial charge in [-0.1, -0.05) is 23.7 Å². The lowest BCUT2D eigenvalue weighted by molar-refractivity contribution is -0.141. The maximum absolute atomic E-state index is 14.0. The van der Waals surface area contributed by atoms with Crippen molar-refractivity contribution in [3.63, 3.8) is 0 Å². The van der Waals surface area contributed by atoms with Gasteiger partial charge < -0.3 is 5.32 Å². The molecule has 2 nitrogen and oxygen atoms in total. The molecule has 1 saturated heterocycles. The molecule has 0 unspecified atom stereocenters. The first kappa shape index (κ1) is 17.7. The molecular formula is C16H15ClF4N2S. The van der Waals surface area contributed by atoms with E-state index in [9.17, 15) is 17.6 Å². The fourth-order valence-electron chi connectivity index (χ4n) is 3.01. The van der Waals surface area contributed by atoms with Crippen LogP contribution in [-0.4, -0.2) is 31.1 Å². The Morgan fingerprint density at radius 1 is 1.12 bits per heavy atom.